The molecule has 7 nitrogen and oxygen atoms in total. The number of sulfonamides is 1. The molecule has 162 valence electrons. The number of thiophene rings is 1. The monoisotopic (exact) mass is 449 g/mol. The maximum absolute atomic E-state index is 13.1. The molecule has 2 aromatic rings. The van der Waals surface area contributed by atoms with Crippen molar-refractivity contribution in [3.63, 3.8) is 0 Å². The van der Waals surface area contributed by atoms with Crippen LogP contribution >= 0.6 is 11.3 Å². The van der Waals surface area contributed by atoms with Crippen molar-refractivity contribution in [3.8, 4) is 0 Å². The summed E-state index contributed by atoms with van der Waals surface area (Å²) in [7, 11) is -3.52. The Morgan fingerprint density at radius 3 is 2.20 bits per heavy atom. The van der Waals surface area contributed by atoms with Gasteiger partial charge in [-0.15, -0.1) is 11.3 Å². The highest BCUT2D eigenvalue weighted by Gasteiger charge is 2.34. The van der Waals surface area contributed by atoms with Crippen LogP contribution in [0.3, 0.4) is 0 Å². The van der Waals surface area contributed by atoms with Gasteiger partial charge in [0.2, 0.25) is 5.91 Å². The lowest BCUT2D eigenvalue weighted by Crippen LogP contribution is -2.57. The van der Waals surface area contributed by atoms with Crippen molar-refractivity contribution in [2.75, 3.05) is 26.2 Å². The molecule has 1 saturated heterocycles. The molecule has 1 fully saturated rings. The maximum Gasteiger partial charge on any atom is 0.252 e. The molecule has 0 radical (unpaired) electrons. The summed E-state index contributed by atoms with van der Waals surface area (Å²) >= 11 is 1.19. The highest BCUT2D eigenvalue weighted by atomic mass is 32.2. The van der Waals surface area contributed by atoms with Crippen molar-refractivity contribution in [2.24, 2.45) is 5.92 Å². The van der Waals surface area contributed by atoms with Gasteiger partial charge in [-0.3, -0.25) is 9.59 Å². The second-order valence-electron chi connectivity index (χ2n) is 7.72. The lowest BCUT2D eigenvalue weighted by Gasteiger charge is -2.36. The lowest BCUT2D eigenvalue weighted by atomic mass is 10.0. The Kier molecular flexibility index (Phi) is 6.95. The predicted octanol–water partition coefficient (Wildman–Crippen LogP) is 2.34. The minimum absolute atomic E-state index is 0.0974. The number of amides is 2. The van der Waals surface area contributed by atoms with Gasteiger partial charge in [-0.05, 0) is 36.4 Å². The van der Waals surface area contributed by atoms with E-state index in [1.165, 1.54) is 15.6 Å². The van der Waals surface area contributed by atoms with Crippen LogP contribution in [-0.2, 0) is 14.8 Å². The first-order valence-corrected chi connectivity index (χ1v) is 12.2. The Labute approximate surface area is 181 Å². The van der Waals surface area contributed by atoms with Crippen LogP contribution in [0, 0.1) is 12.8 Å². The molecule has 0 unspecified atom stereocenters. The summed E-state index contributed by atoms with van der Waals surface area (Å²) in [6.45, 7) is 6.79. The van der Waals surface area contributed by atoms with E-state index in [1.54, 1.807) is 34.5 Å². The first-order chi connectivity index (χ1) is 14.2. The SMILES string of the molecule is Cc1ccc(C(=O)N[C@H](C(=O)N2CCN(S(=O)(=O)c3cccs3)CC2)C(C)C)cc1. The quantitative estimate of drug-likeness (QED) is 0.733. The minimum Gasteiger partial charge on any atom is -0.340 e. The van der Waals surface area contributed by atoms with Gasteiger partial charge in [-0.2, -0.15) is 4.31 Å². The molecule has 30 heavy (non-hydrogen) atoms. The van der Waals surface area contributed by atoms with Crippen molar-refractivity contribution in [1.82, 2.24) is 14.5 Å². The molecule has 1 aliphatic heterocycles. The third-order valence-electron chi connectivity index (χ3n) is 5.17. The van der Waals surface area contributed by atoms with Crippen molar-refractivity contribution in [1.29, 1.82) is 0 Å². The number of nitrogens with one attached hydrogen (secondary N) is 1. The number of piperazine rings is 1. The fourth-order valence-electron chi connectivity index (χ4n) is 3.33. The van der Waals surface area contributed by atoms with Gasteiger partial charge in [0, 0.05) is 31.7 Å². The van der Waals surface area contributed by atoms with Gasteiger partial charge < -0.3 is 10.2 Å². The summed E-state index contributed by atoms with van der Waals surface area (Å²) in [6, 6.07) is 9.82. The third kappa shape index (κ3) is 4.91. The van der Waals surface area contributed by atoms with Crippen LogP contribution in [0.2, 0.25) is 0 Å². The fraction of sp³-hybridized carbons (Fsp3) is 0.429. The van der Waals surface area contributed by atoms with E-state index in [-0.39, 0.29) is 30.8 Å². The zero-order valence-corrected chi connectivity index (χ0v) is 19.0. The van der Waals surface area contributed by atoms with E-state index in [9.17, 15) is 18.0 Å². The zero-order chi connectivity index (χ0) is 21.9. The highest BCUT2D eigenvalue weighted by Crippen LogP contribution is 2.22. The number of carbonyl (C=O) groups excluding carboxylic acids is 2. The molecule has 1 aromatic carbocycles. The molecule has 0 bridgehead atoms. The third-order valence-corrected chi connectivity index (χ3v) is 8.44. The van der Waals surface area contributed by atoms with Gasteiger partial charge in [0.25, 0.3) is 15.9 Å². The smallest absolute Gasteiger partial charge is 0.252 e. The highest BCUT2D eigenvalue weighted by molar-refractivity contribution is 7.91. The summed E-state index contributed by atoms with van der Waals surface area (Å²) in [5, 5.41) is 4.59. The van der Waals surface area contributed by atoms with Gasteiger partial charge >= 0.3 is 0 Å². The van der Waals surface area contributed by atoms with Crippen molar-refractivity contribution in [3.05, 3.63) is 52.9 Å². The van der Waals surface area contributed by atoms with E-state index in [1.807, 2.05) is 32.9 Å². The van der Waals surface area contributed by atoms with Crippen LogP contribution in [0.1, 0.15) is 29.8 Å². The number of hydrogen-bond acceptors (Lipinski definition) is 5. The fourth-order valence-corrected chi connectivity index (χ4v) is 5.89. The van der Waals surface area contributed by atoms with Crippen LogP contribution in [0.4, 0.5) is 0 Å². The first kappa shape index (κ1) is 22.5. The number of nitrogens with zero attached hydrogens (tertiary/aromatic N) is 2. The van der Waals surface area contributed by atoms with Crippen LogP contribution in [0.5, 0.6) is 0 Å². The molecule has 0 spiro atoms. The summed E-state index contributed by atoms with van der Waals surface area (Å²) in [4.78, 5) is 27.3. The molecule has 1 atom stereocenters. The maximum atomic E-state index is 13.1. The number of rotatable bonds is 6. The molecule has 1 N–H and O–H groups in total. The molecule has 1 aliphatic rings. The van der Waals surface area contributed by atoms with Gasteiger partial charge in [-0.1, -0.05) is 37.6 Å². The van der Waals surface area contributed by atoms with E-state index in [2.05, 4.69) is 5.32 Å². The Morgan fingerprint density at radius 1 is 1.03 bits per heavy atom. The molecule has 1 aromatic heterocycles. The summed E-state index contributed by atoms with van der Waals surface area (Å²) in [6.07, 6.45) is 0. The van der Waals surface area contributed by atoms with Crippen LogP contribution in [-0.4, -0.2) is 61.7 Å². The largest absolute Gasteiger partial charge is 0.340 e. The number of benzene rings is 1. The first-order valence-electron chi connectivity index (χ1n) is 9.90. The summed E-state index contributed by atoms with van der Waals surface area (Å²) in [5.41, 5.74) is 1.56. The van der Waals surface area contributed by atoms with E-state index < -0.39 is 16.1 Å². The van der Waals surface area contributed by atoms with Crippen molar-refractivity contribution in [2.45, 2.75) is 31.0 Å². The molecule has 0 saturated carbocycles. The average molecular weight is 450 g/mol. The lowest BCUT2D eigenvalue weighted by molar-refractivity contribution is -0.135. The Hall–Kier alpha value is -2.23. The van der Waals surface area contributed by atoms with E-state index in [0.29, 0.717) is 22.9 Å². The molecule has 3 rings (SSSR count). The van der Waals surface area contributed by atoms with Crippen LogP contribution in [0.15, 0.2) is 46.0 Å². The Balaban J connectivity index is 1.64. The molecular formula is C21H27N3O4S2. The summed E-state index contributed by atoms with van der Waals surface area (Å²) < 4.78 is 27.1. The van der Waals surface area contributed by atoms with Gasteiger partial charge in [0.1, 0.15) is 10.3 Å². The topological polar surface area (TPSA) is 86.8 Å². The molecule has 2 amide bonds. The van der Waals surface area contributed by atoms with Crippen LogP contribution < -0.4 is 5.32 Å². The molecule has 9 heteroatoms. The van der Waals surface area contributed by atoms with Gasteiger partial charge in [0.05, 0.1) is 0 Å². The predicted molar refractivity (Wildman–Crippen MR) is 117 cm³/mol. The number of aryl methyl sites for hydroxylation is 1. The van der Waals surface area contributed by atoms with E-state index >= 15 is 0 Å². The average Bonchev–Trinajstić information content (AvgIpc) is 3.27. The molecule has 0 aliphatic carbocycles. The van der Waals surface area contributed by atoms with Gasteiger partial charge in [-0.25, -0.2) is 8.42 Å². The summed E-state index contributed by atoms with van der Waals surface area (Å²) in [5.74, 6) is -0.570. The van der Waals surface area contributed by atoms with E-state index in [4.69, 9.17) is 0 Å². The molecular weight excluding hydrogens is 422 g/mol. The van der Waals surface area contributed by atoms with Crippen LogP contribution in [0.25, 0.3) is 0 Å². The van der Waals surface area contributed by atoms with Gasteiger partial charge in [0.15, 0.2) is 0 Å². The Morgan fingerprint density at radius 2 is 1.67 bits per heavy atom. The number of hydrogen-bond donors (Lipinski definition) is 1. The zero-order valence-electron chi connectivity index (χ0n) is 17.4. The Bertz CT molecular complexity index is 978. The van der Waals surface area contributed by atoms with Crippen molar-refractivity contribution < 1.29 is 18.0 Å². The normalized spacial score (nSPS) is 16.5. The second kappa shape index (κ2) is 9.28. The standard InChI is InChI=1S/C21H27N3O4S2/c1-15(2)19(22-20(25)17-8-6-16(3)7-9-17)21(26)23-10-12-24(13-11-23)30(27,28)18-5-4-14-29-18/h4-9,14-15,19H,10-13H2,1-3H3,(H,22,25)/t19-/m0/s1. The second-order valence-corrected chi connectivity index (χ2v) is 10.8. The molecule has 2 heterocycles. The minimum atomic E-state index is -3.52. The van der Waals surface area contributed by atoms with Crippen molar-refractivity contribution >= 4 is 33.2 Å². The van der Waals surface area contributed by atoms with E-state index in [0.717, 1.165) is 5.56 Å². The number of carbonyl (C=O) groups is 2.